The highest BCUT2D eigenvalue weighted by Gasteiger charge is 2.13. The average molecular weight is 428 g/mol. The molecule has 0 atom stereocenters. The van der Waals surface area contributed by atoms with Gasteiger partial charge in [-0.2, -0.15) is 4.98 Å². The second-order valence-electron chi connectivity index (χ2n) is 6.26. The first-order valence-corrected chi connectivity index (χ1v) is 9.81. The lowest BCUT2D eigenvalue weighted by Gasteiger charge is -2.14. The van der Waals surface area contributed by atoms with Crippen molar-refractivity contribution in [3.8, 4) is 23.0 Å². The topological polar surface area (TPSA) is 98.3 Å². The van der Waals surface area contributed by atoms with Gasteiger partial charge >= 0.3 is 12.0 Å². The molecule has 2 N–H and O–H groups in total. The van der Waals surface area contributed by atoms with Crippen LogP contribution in [-0.4, -0.2) is 34.7 Å². The van der Waals surface area contributed by atoms with Gasteiger partial charge in [-0.05, 0) is 36.8 Å². The monoisotopic (exact) mass is 427 g/mol. The maximum absolute atomic E-state index is 12.5. The second kappa shape index (κ2) is 10.4. The lowest BCUT2D eigenvalue weighted by Crippen LogP contribution is -2.21. The van der Waals surface area contributed by atoms with Crippen LogP contribution < -0.4 is 20.1 Å². The first-order valence-electron chi connectivity index (χ1n) is 9.44. The average Bonchev–Trinajstić information content (AvgIpc) is 2.75. The van der Waals surface area contributed by atoms with Crippen molar-refractivity contribution in [3.63, 3.8) is 0 Å². The van der Waals surface area contributed by atoms with Crippen LogP contribution >= 0.6 is 11.6 Å². The number of hydrogen-bond donors (Lipinski definition) is 2. The maximum Gasteiger partial charge on any atom is 0.326 e. The third kappa shape index (κ3) is 5.81. The normalized spacial score (nSPS) is 10.4. The van der Waals surface area contributed by atoms with Crippen LogP contribution in [0, 0.1) is 0 Å². The van der Waals surface area contributed by atoms with Crippen LogP contribution in [0.1, 0.15) is 19.8 Å². The quantitative estimate of drug-likeness (QED) is 0.489. The molecule has 0 bridgehead atoms. The van der Waals surface area contributed by atoms with E-state index in [1.165, 1.54) is 13.3 Å². The number of benzene rings is 1. The molecule has 0 saturated heterocycles. The highest BCUT2D eigenvalue weighted by molar-refractivity contribution is 6.30. The summed E-state index contributed by atoms with van der Waals surface area (Å²) in [6.45, 7) is 2.60. The molecule has 8 nitrogen and oxygen atoms in total. The summed E-state index contributed by atoms with van der Waals surface area (Å²) in [5, 5.41) is 5.96. The molecule has 0 aliphatic heterocycles. The fourth-order valence-electron chi connectivity index (χ4n) is 2.55. The molecule has 0 aliphatic rings. The number of nitrogens with one attached hydrogen (secondary N) is 2. The number of methoxy groups -OCH3 is 1. The lowest BCUT2D eigenvalue weighted by molar-refractivity contribution is 0.261. The SMILES string of the molecule is CCCCOc1ccc(-c2cccc(Cl)c2)nc1NC(=O)Nc1ccnc(OC)n1. The zero-order chi connectivity index (χ0) is 21.3. The summed E-state index contributed by atoms with van der Waals surface area (Å²) in [6, 6.07) is 12.1. The number of anilines is 2. The fraction of sp³-hybridized carbons (Fsp3) is 0.238. The van der Waals surface area contributed by atoms with Crippen LogP contribution in [0.4, 0.5) is 16.4 Å². The molecule has 0 aliphatic carbocycles. The lowest BCUT2D eigenvalue weighted by atomic mass is 10.1. The molecule has 1 aromatic carbocycles. The van der Waals surface area contributed by atoms with E-state index in [2.05, 4.69) is 32.5 Å². The third-order valence-corrected chi connectivity index (χ3v) is 4.26. The Kier molecular flexibility index (Phi) is 7.40. The second-order valence-corrected chi connectivity index (χ2v) is 6.70. The standard InChI is InChI=1S/C21H22ClN5O3/c1-3-4-12-30-17-9-8-16(14-6-5-7-15(22)13-14)24-19(17)27-20(28)25-18-10-11-23-21(26-18)29-2/h5-11,13H,3-4,12H2,1-2H3,(H2,23,24,25,26,27,28). The van der Waals surface area contributed by atoms with Gasteiger partial charge in [-0.1, -0.05) is 37.1 Å². The van der Waals surface area contributed by atoms with Gasteiger partial charge in [-0.25, -0.2) is 14.8 Å². The van der Waals surface area contributed by atoms with Crippen molar-refractivity contribution in [2.45, 2.75) is 19.8 Å². The number of halogens is 1. The molecular formula is C21H22ClN5O3. The molecule has 2 aromatic heterocycles. The summed E-state index contributed by atoms with van der Waals surface area (Å²) in [7, 11) is 1.45. The first-order chi connectivity index (χ1) is 14.6. The van der Waals surface area contributed by atoms with E-state index in [1.807, 2.05) is 18.2 Å². The zero-order valence-corrected chi connectivity index (χ0v) is 17.4. The number of amides is 2. The number of pyridine rings is 1. The number of carbonyl (C=O) groups excluding carboxylic acids is 1. The van der Waals surface area contributed by atoms with Crippen molar-refractivity contribution in [2.75, 3.05) is 24.4 Å². The van der Waals surface area contributed by atoms with E-state index >= 15 is 0 Å². The fourth-order valence-corrected chi connectivity index (χ4v) is 2.74. The summed E-state index contributed by atoms with van der Waals surface area (Å²) in [4.78, 5) is 25.1. The van der Waals surface area contributed by atoms with E-state index in [-0.39, 0.29) is 6.01 Å². The van der Waals surface area contributed by atoms with Crippen molar-refractivity contribution in [3.05, 3.63) is 53.7 Å². The minimum absolute atomic E-state index is 0.150. The molecule has 9 heteroatoms. The number of urea groups is 1. The number of ether oxygens (including phenoxy) is 2. The van der Waals surface area contributed by atoms with E-state index in [1.54, 1.807) is 24.3 Å². The molecule has 3 rings (SSSR count). The van der Waals surface area contributed by atoms with Gasteiger partial charge < -0.3 is 9.47 Å². The van der Waals surface area contributed by atoms with E-state index in [0.717, 1.165) is 18.4 Å². The number of unbranched alkanes of at least 4 members (excludes halogenated alkanes) is 1. The van der Waals surface area contributed by atoms with Gasteiger partial charge in [0.05, 0.1) is 19.4 Å². The molecular weight excluding hydrogens is 406 g/mol. The van der Waals surface area contributed by atoms with Crippen LogP contribution in [0.25, 0.3) is 11.3 Å². The molecule has 0 radical (unpaired) electrons. The molecule has 0 saturated carbocycles. The van der Waals surface area contributed by atoms with Gasteiger partial charge in [-0.15, -0.1) is 0 Å². The Hall–Kier alpha value is -3.39. The molecule has 0 unspecified atom stereocenters. The van der Waals surface area contributed by atoms with Crippen molar-refractivity contribution in [2.24, 2.45) is 0 Å². The van der Waals surface area contributed by atoms with Crippen molar-refractivity contribution >= 4 is 29.3 Å². The Labute approximate surface area is 179 Å². The summed E-state index contributed by atoms with van der Waals surface area (Å²) < 4.78 is 10.8. The predicted octanol–water partition coefficient (Wildman–Crippen LogP) is 5.02. The molecule has 156 valence electrons. The first kappa shape index (κ1) is 21.3. The van der Waals surface area contributed by atoms with E-state index in [4.69, 9.17) is 21.1 Å². The van der Waals surface area contributed by atoms with Gasteiger partial charge in [-0.3, -0.25) is 10.6 Å². The minimum Gasteiger partial charge on any atom is -0.490 e. The number of carbonyl (C=O) groups is 1. The largest absolute Gasteiger partial charge is 0.490 e. The van der Waals surface area contributed by atoms with Gasteiger partial charge in [0.2, 0.25) is 0 Å². The van der Waals surface area contributed by atoms with Gasteiger partial charge in [0, 0.05) is 16.8 Å². The third-order valence-electron chi connectivity index (χ3n) is 4.02. The number of nitrogens with zero attached hydrogens (tertiary/aromatic N) is 3. The van der Waals surface area contributed by atoms with Crippen LogP contribution in [0.15, 0.2) is 48.7 Å². The Bertz CT molecular complexity index is 1020. The summed E-state index contributed by atoms with van der Waals surface area (Å²) in [5.74, 6) is 1.06. The van der Waals surface area contributed by atoms with E-state index in [9.17, 15) is 4.79 Å². The van der Waals surface area contributed by atoms with E-state index in [0.29, 0.717) is 34.7 Å². The van der Waals surface area contributed by atoms with Gasteiger partial charge in [0.25, 0.3) is 0 Å². The molecule has 30 heavy (non-hydrogen) atoms. The Morgan fingerprint density at radius 3 is 2.77 bits per heavy atom. The van der Waals surface area contributed by atoms with Gasteiger partial charge in [0.1, 0.15) is 5.82 Å². The summed E-state index contributed by atoms with van der Waals surface area (Å²) in [6.07, 6.45) is 3.37. The van der Waals surface area contributed by atoms with Crippen molar-refractivity contribution in [1.29, 1.82) is 0 Å². The highest BCUT2D eigenvalue weighted by Crippen LogP contribution is 2.29. The van der Waals surface area contributed by atoms with Gasteiger partial charge in [0.15, 0.2) is 11.6 Å². The smallest absolute Gasteiger partial charge is 0.326 e. The Balaban J connectivity index is 1.83. The molecule has 3 aromatic rings. The van der Waals surface area contributed by atoms with Crippen LogP contribution in [0.2, 0.25) is 5.02 Å². The Morgan fingerprint density at radius 1 is 1.13 bits per heavy atom. The minimum atomic E-state index is -0.521. The van der Waals surface area contributed by atoms with Crippen LogP contribution in [-0.2, 0) is 0 Å². The van der Waals surface area contributed by atoms with Crippen LogP contribution in [0.5, 0.6) is 11.8 Å². The number of hydrogen-bond acceptors (Lipinski definition) is 6. The van der Waals surface area contributed by atoms with Crippen molar-refractivity contribution < 1.29 is 14.3 Å². The van der Waals surface area contributed by atoms with Crippen molar-refractivity contribution in [1.82, 2.24) is 15.0 Å². The molecule has 2 amide bonds. The summed E-state index contributed by atoms with van der Waals surface area (Å²) >= 11 is 6.10. The van der Waals surface area contributed by atoms with E-state index < -0.39 is 6.03 Å². The molecule has 0 spiro atoms. The highest BCUT2D eigenvalue weighted by atomic mass is 35.5. The predicted molar refractivity (Wildman–Crippen MR) is 116 cm³/mol. The zero-order valence-electron chi connectivity index (χ0n) is 16.7. The number of aromatic nitrogens is 3. The Morgan fingerprint density at radius 2 is 2.00 bits per heavy atom. The molecule has 0 fully saturated rings. The summed E-state index contributed by atoms with van der Waals surface area (Å²) in [5.41, 5.74) is 1.48. The molecule has 2 heterocycles. The maximum atomic E-state index is 12.5. The number of rotatable bonds is 8. The van der Waals surface area contributed by atoms with Crippen LogP contribution in [0.3, 0.4) is 0 Å².